The molecule has 11 heteroatoms. The van der Waals surface area contributed by atoms with E-state index in [0.29, 0.717) is 42.5 Å². The number of ether oxygens (including phenoxy) is 1. The third-order valence-electron chi connectivity index (χ3n) is 5.19. The number of aromatic nitrogens is 4. The van der Waals surface area contributed by atoms with Crippen LogP contribution in [-0.4, -0.2) is 69.7 Å². The SMILES string of the molecule is Cc1nc(-c2[nH]c3nccc(N4CCN(C(=O)OCC(F)F)CC4)c3c2Cl)cn1C. The number of carbonyl (C=O) groups is 1. The number of alkyl halides is 2. The summed E-state index contributed by atoms with van der Waals surface area (Å²) in [6, 6.07) is 1.88. The minimum absolute atomic E-state index is 0.361. The number of carbonyl (C=O) groups excluding carboxylic acids is 1. The smallest absolute Gasteiger partial charge is 0.410 e. The summed E-state index contributed by atoms with van der Waals surface area (Å²) in [5.41, 5.74) is 2.97. The molecule has 4 heterocycles. The molecule has 1 saturated heterocycles. The first-order valence-corrected chi connectivity index (χ1v) is 9.84. The van der Waals surface area contributed by atoms with E-state index < -0.39 is 19.1 Å². The van der Waals surface area contributed by atoms with Crippen molar-refractivity contribution in [2.45, 2.75) is 13.3 Å². The van der Waals surface area contributed by atoms with Gasteiger partial charge in [0.1, 0.15) is 17.2 Å². The van der Waals surface area contributed by atoms with Gasteiger partial charge in [-0.2, -0.15) is 0 Å². The average Bonchev–Trinajstić information content (AvgIpc) is 3.25. The minimum Gasteiger partial charge on any atom is -0.443 e. The van der Waals surface area contributed by atoms with Gasteiger partial charge in [0.25, 0.3) is 6.43 Å². The Kier molecular flexibility index (Phi) is 5.50. The van der Waals surface area contributed by atoms with Crippen LogP contribution in [0.25, 0.3) is 22.4 Å². The molecule has 1 amide bonds. The van der Waals surface area contributed by atoms with E-state index in [9.17, 15) is 13.6 Å². The molecule has 4 rings (SSSR count). The Hall–Kier alpha value is -2.88. The van der Waals surface area contributed by atoms with E-state index in [1.54, 1.807) is 6.20 Å². The Balaban J connectivity index is 1.56. The maximum atomic E-state index is 12.2. The van der Waals surface area contributed by atoms with Crippen molar-refractivity contribution in [2.24, 2.45) is 7.05 Å². The zero-order chi connectivity index (χ0) is 21.4. The van der Waals surface area contributed by atoms with E-state index in [4.69, 9.17) is 11.6 Å². The van der Waals surface area contributed by atoms with Crippen LogP contribution in [0.5, 0.6) is 0 Å². The van der Waals surface area contributed by atoms with Crippen LogP contribution < -0.4 is 4.90 Å². The summed E-state index contributed by atoms with van der Waals surface area (Å²) in [7, 11) is 1.91. The van der Waals surface area contributed by atoms with Crippen LogP contribution >= 0.6 is 11.6 Å². The Morgan fingerprint density at radius 3 is 2.70 bits per heavy atom. The van der Waals surface area contributed by atoms with Crippen molar-refractivity contribution < 1.29 is 18.3 Å². The largest absolute Gasteiger partial charge is 0.443 e. The molecule has 0 aromatic carbocycles. The van der Waals surface area contributed by atoms with Crippen molar-refractivity contribution in [1.82, 2.24) is 24.4 Å². The number of rotatable bonds is 4. The minimum atomic E-state index is -2.67. The van der Waals surface area contributed by atoms with Gasteiger partial charge in [0.05, 0.1) is 21.8 Å². The maximum Gasteiger partial charge on any atom is 0.410 e. The van der Waals surface area contributed by atoms with Crippen LogP contribution in [0.3, 0.4) is 0 Å². The van der Waals surface area contributed by atoms with Crippen molar-refractivity contribution in [3.63, 3.8) is 0 Å². The van der Waals surface area contributed by atoms with Crippen LogP contribution in [0.1, 0.15) is 5.82 Å². The Bertz CT molecular complexity index is 1060. The first-order valence-electron chi connectivity index (χ1n) is 9.46. The van der Waals surface area contributed by atoms with Crippen LogP contribution in [-0.2, 0) is 11.8 Å². The number of imidazole rings is 1. The predicted molar refractivity (Wildman–Crippen MR) is 109 cm³/mol. The summed E-state index contributed by atoms with van der Waals surface area (Å²) >= 11 is 6.72. The normalized spacial score (nSPS) is 14.7. The Morgan fingerprint density at radius 2 is 2.07 bits per heavy atom. The Labute approximate surface area is 176 Å². The van der Waals surface area contributed by atoms with Gasteiger partial charge in [-0.05, 0) is 13.0 Å². The number of amides is 1. The van der Waals surface area contributed by atoms with Gasteiger partial charge in [0, 0.05) is 45.6 Å². The van der Waals surface area contributed by atoms with E-state index in [2.05, 4.69) is 24.6 Å². The number of fused-ring (bicyclic) bond motifs is 1. The summed E-state index contributed by atoms with van der Waals surface area (Å²) in [4.78, 5) is 27.6. The number of halogens is 3. The van der Waals surface area contributed by atoms with Gasteiger partial charge in [0.15, 0.2) is 6.61 Å². The lowest BCUT2D eigenvalue weighted by molar-refractivity contribution is 0.0311. The fraction of sp³-hybridized carbons (Fsp3) is 0.421. The highest BCUT2D eigenvalue weighted by Gasteiger charge is 2.26. The van der Waals surface area contributed by atoms with Gasteiger partial charge in [-0.3, -0.25) is 0 Å². The predicted octanol–water partition coefficient (Wildman–Crippen LogP) is 3.45. The highest BCUT2D eigenvalue weighted by molar-refractivity contribution is 6.39. The highest BCUT2D eigenvalue weighted by atomic mass is 35.5. The number of hydrogen-bond donors (Lipinski definition) is 1. The summed E-state index contributed by atoms with van der Waals surface area (Å²) in [5, 5.41) is 1.32. The van der Waals surface area contributed by atoms with E-state index >= 15 is 0 Å². The van der Waals surface area contributed by atoms with Crippen molar-refractivity contribution in [3.05, 3.63) is 29.3 Å². The van der Waals surface area contributed by atoms with Gasteiger partial charge in [-0.1, -0.05) is 11.6 Å². The molecule has 3 aromatic rings. The summed E-state index contributed by atoms with van der Waals surface area (Å²) in [6.45, 7) is 2.78. The zero-order valence-electron chi connectivity index (χ0n) is 16.5. The second kappa shape index (κ2) is 8.10. The van der Waals surface area contributed by atoms with Crippen LogP contribution in [0.2, 0.25) is 5.02 Å². The number of aryl methyl sites for hydroxylation is 2. The molecule has 0 bridgehead atoms. The molecular weight excluding hydrogens is 418 g/mol. The molecule has 1 aliphatic rings. The van der Waals surface area contributed by atoms with Crippen molar-refractivity contribution in [2.75, 3.05) is 37.7 Å². The molecule has 1 N–H and O–H groups in total. The second-order valence-electron chi connectivity index (χ2n) is 7.09. The number of H-pyrrole nitrogens is 1. The number of piperazine rings is 1. The summed E-state index contributed by atoms with van der Waals surface area (Å²) < 4.78 is 31.0. The maximum absolute atomic E-state index is 12.2. The van der Waals surface area contributed by atoms with Gasteiger partial charge in [0.2, 0.25) is 0 Å². The first kappa shape index (κ1) is 20.4. The molecule has 0 spiro atoms. The standard InChI is InChI=1S/C19H21ClF2N6O2/c1-11-24-12(9-26(11)2)17-16(20)15-13(3-4-23-18(15)25-17)27-5-7-28(8-6-27)19(29)30-10-14(21)22/h3-4,9,14H,5-8,10H2,1-2H3,(H,23,25). The lowest BCUT2D eigenvalue weighted by Crippen LogP contribution is -2.49. The van der Waals surface area contributed by atoms with E-state index in [1.807, 2.05) is 30.8 Å². The van der Waals surface area contributed by atoms with Gasteiger partial charge < -0.3 is 24.1 Å². The fourth-order valence-electron chi connectivity index (χ4n) is 3.54. The van der Waals surface area contributed by atoms with Crippen LogP contribution in [0.4, 0.5) is 19.3 Å². The molecule has 0 atom stereocenters. The van der Waals surface area contributed by atoms with Gasteiger partial charge in [-0.25, -0.2) is 23.5 Å². The van der Waals surface area contributed by atoms with E-state index in [0.717, 1.165) is 22.6 Å². The molecule has 0 radical (unpaired) electrons. The lowest BCUT2D eigenvalue weighted by Gasteiger charge is -2.35. The number of nitrogens with one attached hydrogen (secondary N) is 1. The zero-order valence-corrected chi connectivity index (χ0v) is 17.3. The van der Waals surface area contributed by atoms with Gasteiger partial charge >= 0.3 is 6.09 Å². The third-order valence-corrected chi connectivity index (χ3v) is 5.57. The molecule has 1 aliphatic heterocycles. The number of nitrogens with zero attached hydrogens (tertiary/aromatic N) is 5. The van der Waals surface area contributed by atoms with E-state index in [1.165, 1.54) is 4.90 Å². The van der Waals surface area contributed by atoms with Crippen molar-refractivity contribution >= 4 is 34.4 Å². The molecule has 0 saturated carbocycles. The topological polar surface area (TPSA) is 79.3 Å². The van der Waals surface area contributed by atoms with Gasteiger partial charge in [-0.15, -0.1) is 0 Å². The van der Waals surface area contributed by atoms with E-state index in [-0.39, 0.29) is 0 Å². The first-order chi connectivity index (χ1) is 14.3. The summed E-state index contributed by atoms with van der Waals surface area (Å²) in [6.07, 6.45) is 0.201. The molecule has 160 valence electrons. The summed E-state index contributed by atoms with van der Waals surface area (Å²) in [5.74, 6) is 0.864. The fourth-order valence-corrected chi connectivity index (χ4v) is 3.87. The quantitative estimate of drug-likeness (QED) is 0.675. The molecule has 30 heavy (non-hydrogen) atoms. The third kappa shape index (κ3) is 3.79. The van der Waals surface area contributed by atoms with Crippen LogP contribution in [0.15, 0.2) is 18.5 Å². The van der Waals surface area contributed by atoms with Crippen molar-refractivity contribution in [3.8, 4) is 11.4 Å². The monoisotopic (exact) mass is 438 g/mol. The molecule has 0 unspecified atom stereocenters. The average molecular weight is 439 g/mol. The van der Waals surface area contributed by atoms with Crippen LogP contribution in [0, 0.1) is 6.92 Å². The highest BCUT2D eigenvalue weighted by Crippen LogP contribution is 2.38. The number of aromatic amines is 1. The second-order valence-corrected chi connectivity index (χ2v) is 7.47. The molecule has 8 nitrogen and oxygen atoms in total. The Morgan fingerprint density at radius 1 is 1.33 bits per heavy atom. The molecule has 3 aromatic heterocycles. The number of anilines is 1. The lowest BCUT2D eigenvalue weighted by atomic mass is 10.2. The molecule has 1 fully saturated rings. The number of pyridine rings is 1. The number of hydrogen-bond acceptors (Lipinski definition) is 5. The molecular formula is C19H21ClF2N6O2. The van der Waals surface area contributed by atoms with Crippen molar-refractivity contribution in [1.29, 1.82) is 0 Å². The molecule has 0 aliphatic carbocycles.